The fourth-order valence-electron chi connectivity index (χ4n) is 0.987. The van der Waals surface area contributed by atoms with Crippen molar-refractivity contribution < 1.29 is 9.53 Å². The largest absolute Gasteiger partial charge is 0.383 e. The summed E-state index contributed by atoms with van der Waals surface area (Å²) in [5.41, 5.74) is 0.990. The standard InChI is InChI=1S/C9H15N3O2S2/c1-14-4-3-10-8(13)12-9-11-7(5-15-2)6-16-9/h6H,3-5H2,1-2H3,(H2,10,11,12,13). The highest BCUT2D eigenvalue weighted by Crippen LogP contribution is 2.18. The number of aromatic nitrogens is 1. The first-order chi connectivity index (χ1) is 7.76. The third kappa shape index (κ3) is 4.82. The van der Waals surface area contributed by atoms with Crippen molar-refractivity contribution in [2.24, 2.45) is 0 Å². The molecule has 0 unspecified atom stereocenters. The number of thioether (sulfide) groups is 1. The van der Waals surface area contributed by atoms with Crippen LogP contribution < -0.4 is 10.6 Å². The number of anilines is 1. The van der Waals surface area contributed by atoms with Crippen LogP contribution >= 0.6 is 23.1 Å². The lowest BCUT2D eigenvalue weighted by molar-refractivity contribution is 0.198. The van der Waals surface area contributed by atoms with Crippen molar-refractivity contribution in [1.29, 1.82) is 0 Å². The Balaban J connectivity index is 2.31. The van der Waals surface area contributed by atoms with Crippen molar-refractivity contribution in [3.63, 3.8) is 0 Å². The molecule has 2 amide bonds. The zero-order valence-corrected chi connectivity index (χ0v) is 10.9. The van der Waals surface area contributed by atoms with Gasteiger partial charge in [0, 0.05) is 24.8 Å². The SMILES string of the molecule is COCCNC(=O)Nc1nc(CSC)cs1. The summed E-state index contributed by atoms with van der Waals surface area (Å²) in [4.78, 5) is 15.6. The Morgan fingerprint density at radius 2 is 2.50 bits per heavy atom. The number of carbonyl (C=O) groups is 1. The third-order valence-corrected chi connectivity index (χ3v) is 3.05. The maximum absolute atomic E-state index is 11.3. The molecule has 0 aromatic carbocycles. The minimum Gasteiger partial charge on any atom is -0.383 e. The molecule has 16 heavy (non-hydrogen) atoms. The molecule has 0 aliphatic rings. The summed E-state index contributed by atoms with van der Waals surface area (Å²) >= 11 is 3.13. The van der Waals surface area contributed by atoms with Gasteiger partial charge in [0.1, 0.15) is 0 Å². The number of urea groups is 1. The molecule has 2 N–H and O–H groups in total. The number of thiazole rings is 1. The van der Waals surface area contributed by atoms with E-state index in [1.165, 1.54) is 11.3 Å². The number of nitrogens with one attached hydrogen (secondary N) is 2. The van der Waals surface area contributed by atoms with Crippen molar-refractivity contribution in [3.05, 3.63) is 11.1 Å². The zero-order chi connectivity index (χ0) is 11.8. The predicted octanol–water partition coefficient (Wildman–Crippen LogP) is 1.77. The Morgan fingerprint density at radius 1 is 1.69 bits per heavy atom. The summed E-state index contributed by atoms with van der Waals surface area (Å²) in [6.07, 6.45) is 2.02. The van der Waals surface area contributed by atoms with E-state index in [-0.39, 0.29) is 6.03 Å². The normalized spacial score (nSPS) is 10.1. The number of rotatable bonds is 6. The molecule has 1 heterocycles. The van der Waals surface area contributed by atoms with E-state index in [0.29, 0.717) is 18.3 Å². The molecule has 0 fully saturated rings. The molecule has 0 atom stereocenters. The highest BCUT2D eigenvalue weighted by Gasteiger charge is 2.05. The number of amides is 2. The van der Waals surface area contributed by atoms with Gasteiger partial charge in [0.05, 0.1) is 12.3 Å². The number of ether oxygens (including phenoxy) is 1. The van der Waals surface area contributed by atoms with E-state index in [2.05, 4.69) is 15.6 Å². The van der Waals surface area contributed by atoms with Gasteiger partial charge in [-0.1, -0.05) is 0 Å². The van der Waals surface area contributed by atoms with E-state index >= 15 is 0 Å². The van der Waals surface area contributed by atoms with Crippen LogP contribution in [0.3, 0.4) is 0 Å². The maximum Gasteiger partial charge on any atom is 0.321 e. The van der Waals surface area contributed by atoms with E-state index < -0.39 is 0 Å². The van der Waals surface area contributed by atoms with Gasteiger partial charge in [-0.2, -0.15) is 11.8 Å². The Labute approximate surface area is 103 Å². The smallest absolute Gasteiger partial charge is 0.321 e. The van der Waals surface area contributed by atoms with Crippen molar-refractivity contribution >= 4 is 34.3 Å². The van der Waals surface area contributed by atoms with Crippen LogP contribution in [0.5, 0.6) is 0 Å². The topological polar surface area (TPSA) is 63.2 Å². The van der Waals surface area contributed by atoms with E-state index in [1.807, 2.05) is 11.6 Å². The third-order valence-electron chi connectivity index (χ3n) is 1.66. The Bertz CT molecular complexity index is 330. The molecular formula is C9H15N3O2S2. The molecule has 0 saturated heterocycles. The second kappa shape index (κ2) is 7.48. The van der Waals surface area contributed by atoms with Gasteiger partial charge in [-0.3, -0.25) is 5.32 Å². The van der Waals surface area contributed by atoms with Crippen LogP contribution in [0, 0.1) is 0 Å². The lowest BCUT2D eigenvalue weighted by Crippen LogP contribution is -2.31. The number of methoxy groups -OCH3 is 1. The van der Waals surface area contributed by atoms with Crippen LogP contribution in [0.15, 0.2) is 5.38 Å². The van der Waals surface area contributed by atoms with Gasteiger partial charge in [-0.15, -0.1) is 11.3 Å². The van der Waals surface area contributed by atoms with Gasteiger partial charge in [0.25, 0.3) is 0 Å². The molecule has 0 radical (unpaired) electrons. The lowest BCUT2D eigenvalue weighted by Gasteiger charge is -2.03. The minimum absolute atomic E-state index is 0.248. The quantitative estimate of drug-likeness (QED) is 0.766. The van der Waals surface area contributed by atoms with Crippen LogP contribution in [-0.2, 0) is 10.5 Å². The first-order valence-electron chi connectivity index (χ1n) is 4.73. The highest BCUT2D eigenvalue weighted by atomic mass is 32.2. The Kier molecular flexibility index (Phi) is 6.20. The molecule has 1 aromatic rings. The van der Waals surface area contributed by atoms with Gasteiger partial charge >= 0.3 is 6.03 Å². The second-order valence-electron chi connectivity index (χ2n) is 2.95. The van der Waals surface area contributed by atoms with Crippen LogP contribution in [0.2, 0.25) is 0 Å². The van der Waals surface area contributed by atoms with Crippen LogP contribution in [0.25, 0.3) is 0 Å². The molecule has 1 aromatic heterocycles. The summed E-state index contributed by atoms with van der Waals surface area (Å²) in [5.74, 6) is 0.865. The maximum atomic E-state index is 11.3. The zero-order valence-electron chi connectivity index (χ0n) is 9.28. The van der Waals surface area contributed by atoms with E-state index in [1.54, 1.807) is 18.9 Å². The predicted molar refractivity (Wildman–Crippen MR) is 68.2 cm³/mol. The summed E-state index contributed by atoms with van der Waals surface area (Å²) in [6.45, 7) is 0.994. The number of hydrogen-bond acceptors (Lipinski definition) is 5. The average Bonchev–Trinajstić information content (AvgIpc) is 2.66. The van der Waals surface area contributed by atoms with Gasteiger partial charge in [0.2, 0.25) is 0 Å². The van der Waals surface area contributed by atoms with Crippen LogP contribution in [0.1, 0.15) is 5.69 Å². The van der Waals surface area contributed by atoms with Crippen LogP contribution in [-0.4, -0.2) is 37.5 Å². The van der Waals surface area contributed by atoms with Crippen LogP contribution in [0.4, 0.5) is 9.93 Å². The molecule has 5 nitrogen and oxygen atoms in total. The van der Waals surface area contributed by atoms with Gasteiger partial charge in [-0.25, -0.2) is 9.78 Å². The van der Waals surface area contributed by atoms with Gasteiger partial charge in [-0.05, 0) is 6.26 Å². The van der Waals surface area contributed by atoms with E-state index in [0.717, 1.165) is 11.4 Å². The number of nitrogens with zero attached hydrogens (tertiary/aromatic N) is 1. The molecule has 0 aliphatic carbocycles. The molecule has 90 valence electrons. The van der Waals surface area contributed by atoms with E-state index in [4.69, 9.17) is 4.74 Å². The Hall–Kier alpha value is -0.790. The first kappa shape index (κ1) is 13.3. The Morgan fingerprint density at radius 3 is 3.19 bits per heavy atom. The highest BCUT2D eigenvalue weighted by molar-refractivity contribution is 7.97. The van der Waals surface area contributed by atoms with Crippen molar-refractivity contribution in [2.45, 2.75) is 5.75 Å². The van der Waals surface area contributed by atoms with Crippen molar-refractivity contribution in [1.82, 2.24) is 10.3 Å². The molecule has 0 bridgehead atoms. The molecule has 0 aliphatic heterocycles. The van der Waals surface area contributed by atoms with Crippen molar-refractivity contribution in [3.8, 4) is 0 Å². The minimum atomic E-state index is -0.248. The molecule has 0 spiro atoms. The van der Waals surface area contributed by atoms with Gasteiger partial charge in [0.15, 0.2) is 5.13 Å². The van der Waals surface area contributed by atoms with Crippen molar-refractivity contribution in [2.75, 3.05) is 31.8 Å². The molecule has 1 rings (SSSR count). The summed E-state index contributed by atoms with van der Waals surface area (Å²) in [5, 5.41) is 7.90. The lowest BCUT2D eigenvalue weighted by atomic mass is 10.6. The number of hydrogen-bond donors (Lipinski definition) is 2. The molecular weight excluding hydrogens is 246 g/mol. The number of carbonyl (C=O) groups excluding carboxylic acids is 1. The molecule has 7 heteroatoms. The second-order valence-corrected chi connectivity index (χ2v) is 4.67. The first-order valence-corrected chi connectivity index (χ1v) is 7.00. The fourth-order valence-corrected chi connectivity index (χ4v) is 2.24. The summed E-state index contributed by atoms with van der Waals surface area (Å²) in [7, 11) is 1.59. The molecule has 0 saturated carbocycles. The van der Waals surface area contributed by atoms with Gasteiger partial charge < -0.3 is 10.1 Å². The monoisotopic (exact) mass is 261 g/mol. The summed E-state index contributed by atoms with van der Waals surface area (Å²) < 4.78 is 4.82. The average molecular weight is 261 g/mol. The van der Waals surface area contributed by atoms with E-state index in [9.17, 15) is 4.79 Å². The fraction of sp³-hybridized carbons (Fsp3) is 0.556. The summed E-state index contributed by atoms with van der Waals surface area (Å²) in [6, 6.07) is -0.248.